The van der Waals surface area contributed by atoms with E-state index >= 15 is 0 Å². The third kappa shape index (κ3) is 7.32. The SMILES string of the molecule is COc1cccc(CCc2cc(OC)cc(Oc3cc(CCc4cc(O)c(OC)c(OC)c4)cc(OC)c3OC)c2)c1. The maximum Gasteiger partial charge on any atom is 0.203 e. The predicted molar refractivity (Wildman–Crippen MR) is 162 cm³/mol. The van der Waals surface area contributed by atoms with Crippen LogP contribution in [0.3, 0.4) is 0 Å². The summed E-state index contributed by atoms with van der Waals surface area (Å²) in [6.07, 6.45) is 2.91. The van der Waals surface area contributed by atoms with E-state index in [1.54, 1.807) is 41.6 Å². The predicted octanol–water partition coefficient (Wildman–Crippen LogP) is 6.81. The van der Waals surface area contributed by atoms with Crippen LogP contribution in [0, 0.1) is 0 Å². The number of aromatic hydroxyl groups is 1. The van der Waals surface area contributed by atoms with E-state index in [2.05, 4.69) is 6.07 Å². The monoisotopic (exact) mass is 574 g/mol. The second-order valence-electron chi connectivity index (χ2n) is 9.65. The van der Waals surface area contributed by atoms with Crippen molar-refractivity contribution in [3.63, 3.8) is 0 Å². The number of ether oxygens (including phenoxy) is 7. The van der Waals surface area contributed by atoms with Crippen LogP contribution in [-0.2, 0) is 25.7 Å². The molecule has 0 aromatic heterocycles. The molecule has 0 saturated carbocycles. The van der Waals surface area contributed by atoms with E-state index in [0.29, 0.717) is 53.1 Å². The molecule has 0 aliphatic carbocycles. The summed E-state index contributed by atoms with van der Waals surface area (Å²) in [5.74, 6) is 4.55. The first-order valence-corrected chi connectivity index (χ1v) is 13.6. The van der Waals surface area contributed by atoms with Gasteiger partial charge >= 0.3 is 0 Å². The zero-order valence-corrected chi connectivity index (χ0v) is 25.0. The third-order valence-corrected chi connectivity index (χ3v) is 6.97. The van der Waals surface area contributed by atoms with E-state index < -0.39 is 0 Å². The second-order valence-corrected chi connectivity index (χ2v) is 9.65. The van der Waals surface area contributed by atoms with Gasteiger partial charge in [0, 0.05) is 6.07 Å². The Morgan fingerprint density at radius 3 is 1.60 bits per heavy atom. The van der Waals surface area contributed by atoms with Crippen LogP contribution in [0.4, 0.5) is 0 Å². The Balaban J connectivity index is 1.58. The normalized spacial score (nSPS) is 10.6. The molecule has 42 heavy (non-hydrogen) atoms. The number of phenolic OH excluding ortho intramolecular Hbond substituents is 1. The summed E-state index contributed by atoms with van der Waals surface area (Å²) in [5, 5.41) is 10.4. The van der Waals surface area contributed by atoms with E-state index in [1.165, 1.54) is 12.7 Å². The van der Waals surface area contributed by atoms with Gasteiger partial charge in [-0.05, 0) is 96.5 Å². The first-order valence-electron chi connectivity index (χ1n) is 13.6. The number of benzene rings is 4. The molecule has 0 spiro atoms. The van der Waals surface area contributed by atoms with Crippen molar-refractivity contribution in [1.29, 1.82) is 0 Å². The van der Waals surface area contributed by atoms with Gasteiger partial charge in [0.25, 0.3) is 0 Å². The molecule has 4 rings (SSSR count). The molecule has 0 fully saturated rings. The quantitative estimate of drug-likeness (QED) is 0.176. The van der Waals surface area contributed by atoms with Crippen LogP contribution < -0.4 is 33.2 Å². The molecule has 1 N–H and O–H groups in total. The Hall–Kier alpha value is -4.72. The molecule has 0 heterocycles. The molecule has 0 aliphatic heterocycles. The van der Waals surface area contributed by atoms with Gasteiger partial charge in [-0.15, -0.1) is 0 Å². The van der Waals surface area contributed by atoms with E-state index in [-0.39, 0.29) is 5.75 Å². The van der Waals surface area contributed by atoms with Gasteiger partial charge in [0.2, 0.25) is 11.5 Å². The first kappa shape index (κ1) is 30.2. The summed E-state index contributed by atoms with van der Waals surface area (Å²) in [6, 6.07) is 21.4. The Morgan fingerprint density at radius 1 is 0.452 bits per heavy atom. The van der Waals surface area contributed by atoms with Crippen molar-refractivity contribution in [2.75, 3.05) is 42.7 Å². The summed E-state index contributed by atoms with van der Waals surface area (Å²) in [6.45, 7) is 0. The van der Waals surface area contributed by atoms with Crippen LogP contribution >= 0.6 is 0 Å². The van der Waals surface area contributed by atoms with Crippen molar-refractivity contribution in [2.45, 2.75) is 25.7 Å². The average Bonchev–Trinajstić information content (AvgIpc) is 3.02. The number of hydrogen-bond acceptors (Lipinski definition) is 8. The van der Waals surface area contributed by atoms with Gasteiger partial charge in [0.05, 0.1) is 42.7 Å². The molecule has 0 saturated heterocycles. The van der Waals surface area contributed by atoms with E-state index in [4.69, 9.17) is 33.2 Å². The van der Waals surface area contributed by atoms with Crippen LogP contribution in [0.1, 0.15) is 22.3 Å². The van der Waals surface area contributed by atoms with Crippen LogP contribution in [0.5, 0.6) is 51.7 Å². The highest BCUT2D eigenvalue weighted by Gasteiger charge is 2.17. The van der Waals surface area contributed by atoms with Crippen molar-refractivity contribution in [1.82, 2.24) is 0 Å². The molecule has 0 amide bonds. The second kappa shape index (κ2) is 14.3. The van der Waals surface area contributed by atoms with Crippen molar-refractivity contribution in [2.24, 2.45) is 0 Å². The largest absolute Gasteiger partial charge is 0.504 e. The van der Waals surface area contributed by atoms with Gasteiger partial charge in [-0.1, -0.05) is 12.1 Å². The Bertz CT molecular complexity index is 1500. The van der Waals surface area contributed by atoms with Gasteiger partial charge in [0.1, 0.15) is 17.2 Å². The highest BCUT2D eigenvalue weighted by atomic mass is 16.5. The highest BCUT2D eigenvalue weighted by Crippen LogP contribution is 2.42. The molecule has 0 unspecified atom stereocenters. The summed E-state index contributed by atoms with van der Waals surface area (Å²) >= 11 is 0. The Kier molecular flexibility index (Phi) is 10.3. The first-order chi connectivity index (χ1) is 20.4. The van der Waals surface area contributed by atoms with Gasteiger partial charge < -0.3 is 38.3 Å². The van der Waals surface area contributed by atoms with Crippen molar-refractivity contribution in [3.8, 4) is 51.7 Å². The van der Waals surface area contributed by atoms with Gasteiger partial charge in [-0.25, -0.2) is 0 Å². The summed E-state index contributed by atoms with van der Waals surface area (Å²) in [5.41, 5.74) is 4.12. The lowest BCUT2D eigenvalue weighted by Crippen LogP contribution is -2.00. The summed E-state index contributed by atoms with van der Waals surface area (Å²) < 4.78 is 39.3. The minimum Gasteiger partial charge on any atom is -0.504 e. The lowest BCUT2D eigenvalue weighted by atomic mass is 10.0. The standard InChI is InChI=1S/C34H38O8/c1-36-26-9-7-8-22(14-26)10-11-23-15-27(37-2)21-28(16-23)42-32-20-25(19-31(39-4)34(32)41-6)13-12-24-17-29(35)33(40-5)30(18-24)38-3/h7-9,14-21,35H,10-13H2,1-6H3. The molecule has 0 aliphatic rings. The molecule has 8 heteroatoms. The van der Waals surface area contributed by atoms with Gasteiger partial charge in [0.15, 0.2) is 23.0 Å². The summed E-state index contributed by atoms with van der Waals surface area (Å²) in [7, 11) is 9.53. The number of rotatable bonds is 14. The molecular weight excluding hydrogens is 536 g/mol. The number of hydrogen-bond donors (Lipinski definition) is 1. The lowest BCUT2D eigenvalue weighted by molar-refractivity contribution is 0.332. The van der Waals surface area contributed by atoms with E-state index in [9.17, 15) is 5.11 Å². The van der Waals surface area contributed by atoms with Crippen LogP contribution in [0.2, 0.25) is 0 Å². The molecule has 4 aromatic rings. The Morgan fingerprint density at radius 2 is 0.976 bits per heavy atom. The van der Waals surface area contributed by atoms with Crippen molar-refractivity contribution in [3.05, 3.63) is 89.0 Å². The number of phenols is 1. The van der Waals surface area contributed by atoms with Crippen LogP contribution in [0.25, 0.3) is 0 Å². The van der Waals surface area contributed by atoms with Crippen molar-refractivity contribution >= 4 is 0 Å². The smallest absolute Gasteiger partial charge is 0.203 e. The molecular formula is C34H38O8. The maximum absolute atomic E-state index is 10.4. The fourth-order valence-electron chi connectivity index (χ4n) is 4.83. The lowest BCUT2D eigenvalue weighted by Gasteiger charge is -2.17. The Labute approximate surface area is 247 Å². The third-order valence-electron chi connectivity index (χ3n) is 6.97. The summed E-state index contributed by atoms with van der Waals surface area (Å²) in [4.78, 5) is 0. The molecule has 222 valence electrons. The molecule has 4 aromatic carbocycles. The van der Waals surface area contributed by atoms with Crippen LogP contribution in [-0.4, -0.2) is 47.8 Å². The fraction of sp³-hybridized carbons (Fsp3) is 0.294. The maximum atomic E-state index is 10.4. The zero-order chi connectivity index (χ0) is 30.1. The van der Waals surface area contributed by atoms with E-state index in [1.807, 2.05) is 54.6 Å². The molecule has 0 radical (unpaired) electrons. The minimum absolute atomic E-state index is 0.0309. The zero-order valence-electron chi connectivity index (χ0n) is 25.0. The van der Waals surface area contributed by atoms with E-state index in [0.717, 1.165) is 35.3 Å². The number of aryl methyl sites for hydroxylation is 4. The van der Waals surface area contributed by atoms with Gasteiger partial charge in [-0.3, -0.25) is 0 Å². The van der Waals surface area contributed by atoms with Crippen LogP contribution in [0.15, 0.2) is 66.7 Å². The average molecular weight is 575 g/mol. The minimum atomic E-state index is 0.0309. The molecule has 0 atom stereocenters. The molecule has 8 nitrogen and oxygen atoms in total. The highest BCUT2D eigenvalue weighted by molar-refractivity contribution is 5.56. The fourth-order valence-corrected chi connectivity index (χ4v) is 4.83. The van der Waals surface area contributed by atoms with Gasteiger partial charge in [-0.2, -0.15) is 0 Å². The topological polar surface area (TPSA) is 84.8 Å². The molecule has 0 bridgehead atoms. The van der Waals surface area contributed by atoms with Crippen molar-refractivity contribution < 1.29 is 38.3 Å². The number of methoxy groups -OCH3 is 6.